The fourth-order valence-electron chi connectivity index (χ4n) is 1.22. The molecular formula is C8H7F2N3. The van der Waals surface area contributed by atoms with Gasteiger partial charge in [-0.25, -0.2) is 8.78 Å². The molecule has 0 N–H and O–H groups in total. The molecule has 0 atom stereocenters. The zero-order valence-electron chi connectivity index (χ0n) is 6.91. The summed E-state index contributed by atoms with van der Waals surface area (Å²) in [5.41, 5.74) is 1.32. The summed E-state index contributed by atoms with van der Waals surface area (Å²) in [6.07, 6.45) is -1.05. The van der Waals surface area contributed by atoms with Crippen LogP contribution in [0.3, 0.4) is 0 Å². The van der Waals surface area contributed by atoms with E-state index in [0.717, 1.165) is 5.56 Å². The van der Waals surface area contributed by atoms with Crippen molar-refractivity contribution in [3.63, 3.8) is 0 Å². The first-order valence-corrected chi connectivity index (χ1v) is 3.78. The van der Waals surface area contributed by atoms with E-state index in [1.807, 2.05) is 0 Å². The van der Waals surface area contributed by atoms with Gasteiger partial charge in [0.15, 0.2) is 5.65 Å². The highest BCUT2D eigenvalue weighted by Crippen LogP contribution is 2.18. The molecule has 2 aromatic heterocycles. The molecule has 0 amide bonds. The number of aromatic nitrogens is 3. The Labute approximate surface area is 73.0 Å². The van der Waals surface area contributed by atoms with Crippen molar-refractivity contribution in [2.45, 2.75) is 13.3 Å². The summed E-state index contributed by atoms with van der Waals surface area (Å²) >= 11 is 0. The monoisotopic (exact) mass is 183 g/mol. The van der Waals surface area contributed by atoms with Crippen LogP contribution in [0, 0.1) is 6.92 Å². The summed E-state index contributed by atoms with van der Waals surface area (Å²) in [6.45, 7) is 1.80. The summed E-state index contributed by atoms with van der Waals surface area (Å²) in [6, 6.07) is 3.50. The van der Waals surface area contributed by atoms with Gasteiger partial charge in [0.2, 0.25) is 5.82 Å². The highest BCUT2D eigenvalue weighted by molar-refractivity contribution is 5.46. The number of halogens is 2. The summed E-state index contributed by atoms with van der Waals surface area (Å²) in [4.78, 5) is 0. The Bertz CT molecular complexity index is 436. The number of alkyl halides is 2. The first-order chi connectivity index (χ1) is 6.20. The van der Waals surface area contributed by atoms with Crippen molar-refractivity contribution in [1.29, 1.82) is 0 Å². The van der Waals surface area contributed by atoms with E-state index in [1.165, 1.54) is 10.6 Å². The average molecular weight is 183 g/mol. The quantitative estimate of drug-likeness (QED) is 0.676. The number of pyridine rings is 1. The minimum absolute atomic E-state index is 0.307. The lowest BCUT2D eigenvalue weighted by Gasteiger charge is -1.98. The van der Waals surface area contributed by atoms with Gasteiger partial charge in [-0.3, -0.25) is 4.40 Å². The molecule has 0 fully saturated rings. The normalized spacial score (nSPS) is 11.4. The van der Waals surface area contributed by atoms with Crippen LogP contribution in [0.15, 0.2) is 18.3 Å². The van der Waals surface area contributed by atoms with Crippen molar-refractivity contribution >= 4 is 5.65 Å². The van der Waals surface area contributed by atoms with Crippen molar-refractivity contribution in [2.75, 3.05) is 0 Å². The van der Waals surface area contributed by atoms with E-state index in [0.29, 0.717) is 5.65 Å². The molecule has 5 heteroatoms. The van der Waals surface area contributed by atoms with Gasteiger partial charge in [0.1, 0.15) is 0 Å². The molecule has 0 saturated carbocycles. The Balaban J connectivity index is 2.75. The van der Waals surface area contributed by atoms with Crippen LogP contribution in [0.1, 0.15) is 17.8 Å². The first kappa shape index (κ1) is 8.10. The van der Waals surface area contributed by atoms with Gasteiger partial charge < -0.3 is 0 Å². The second-order valence-corrected chi connectivity index (χ2v) is 2.74. The van der Waals surface area contributed by atoms with E-state index in [9.17, 15) is 8.78 Å². The average Bonchev–Trinajstić information content (AvgIpc) is 2.48. The van der Waals surface area contributed by atoms with Crippen LogP contribution in [0.25, 0.3) is 5.65 Å². The molecule has 0 bridgehead atoms. The fraction of sp³-hybridized carbons (Fsp3) is 0.250. The number of aryl methyl sites for hydroxylation is 1. The maximum atomic E-state index is 12.3. The van der Waals surface area contributed by atoms with E-state index in [1.54, 1.807) is 19.1 Å². The van der Waals surface area contributed by atoms with E-state index in [4.69, 9.17) is 0 Å². The zero-order valence-corrected chi connectivity index (χ0v) is 6.91. The Morgan fingerprint density at radius 2 is 2.15 bits per heavy atom. The molecule has 3 nitrogen and oxygen atoms in total. The molecule has 0 aliphatic rings. The summed E-state index contributed by atoms with van der Waals surface area (Å²) in [5, 5.41) is 7.09. The molecule has 2 aromatic rings. The minimum Gasteiger partial charge on any atom is -0.281 e. The smallest absolute Gasteiger partial charge is 0.281 e. The summed E-state index contributed by atoms with van der Waals surface area (Å²) in [7, 11) is 0. The number of nitrogens with zero attached hydrogens (tertiary/aromatic N) is 3. The molecule has 0 aliphatic heterocycles. The number of hydrogen-bond acceptors (Lipinski definition) is 2. The van der Waals surface area contributed by atoms with Crippen LogP contribution in [0.4, 0.5) is 8.78 Å². The fourth-order valence-corrected chi connectivity index (χ4v) is 1.22. The van der Waals surface area contributed by atoms with Gasteiger partial charge in [0.25, 0.3) is 6.43 Å². The molecule has 0 spiro atoms. The molecule has 68 valence electrons. The molecular weight excluding hydrogens is 176 g/mol. The highest BCUT2D eigenvalue weighted by Gasteiger charge is 2.15. The molecule has 0 aliphatic carbocycles. The molecule has 0 aromatic carbocycles. The lowest BCUT2D eigenvalue weighted by Crippen LogP contribution is -1.94. The second-order valence-electron chi connectivity index (χ2n) is 2.74. The number of rotatable bonds is 1. The van der Waals surface area contributed by atoms with Gasteiger partial charge in [-0.05, 0) is 18.6 Å². The van der Waals surface area contributed by atoms with E-state index in [2.05, 4.69) is 10.2 Å². The maximum absolute atomic E-state index is 12.3. The molecule has 0 saturated heterocycles. The van der Waals surface area contributed by atoms with Gasteiger partial charge >= 0.3 is 0 Å². The number of hydrogen-bond donors (Lipinski definition) is 0. The SMILES string of the molecule is Cc1cccn2c(C(F)F)nnc12. The van der Waals surface area contributed by atoms with Gasteiger partial charge in [-0.1, -0.05) is 6.07 Å². The van der Waals surface area contributed by atoms with Crippen molar-refractivity contribution in [3.05, 3.63) is 29.7 Å². The Morgan fingerprint density at radius 1 is 1.38 bits per heavy atom. The van der Waals surface area contributed by atoms with Crippen LogP contribution >= 0.6 is 0 Å². The van der Waals surface area contributed by atoms with Crippen molar-refractivity contribution in [3.8, 4) is 0 Å². The topological polar surface area (TPSA) is 30.2 Å². The number of fused-ring (bicyclic) bond motifs is 1. The van der Waals surface area contributed by atoms with Gasteiger partial charge in [0, 0.05) is 6.20 Å². The Hall–Kier alpha value is -1.52. The third-order valence-electron chi connectivity index (χ3n) is 1.85. The maximum Gasteiger partial charge on any atom is 0.297 e. The van der Waals surface area contributed by atoms with Gasteiger partial charge in [-0.15, -0.1) is 10.2 Å². The van der Waals surface area contributed by atoms with Crippen LogP contribution in [0.5, 0.6) is 0 Å². The van der Waals surface area contributed by atoms with Crippen molar-refractivity contribution in [1.82, 2.24) is 14.6 Å². The van der Waals surface area contributed by atoms with Crippen LogP contribution in [-0.2, 0) is 0 Å². The highest BCUT2D eigenvalue weighted by atomic mass is 19.3. The minimum atomic E-state index is -2.59. The van der Waals surface area contributed by atoms with Crippen LogP contribution in [-0.4, -0.2) is 14.6 Å². The first-order valence-electron chi connectivity index (χ1n) is 3.78. The van der Waals surface area contributed by atoms with Crippen molar-refractivity contribution in [2.24, 2.45) is 0 Å². The Kier molecular flexibility index (Phi) is 1.72. The molecule has 0 radical (unpaired) electrons. The zero-order chi connectivity index (χ0) is 9.42. The van der Waals surface area contributed by atoms with Crippen LogP contribution in [0.2, 0.25) is 0 Å². The standard InChI is InChI=1S/C8H7F2N3/c1-5-3-2-4-13-7(5)11-12-8(13)6(9)10/h2-4,6H,1H3. The third kappa shape index (κ3) is 1.16. The molecule has 13 heavy (non-hydrogen) atoms. The van der Waals surface area contributed by atoms with Gasteiger partial charge in [-0.2, -0.15) is 0 Å². The largest absolute Gasteiger partial charge is 0.297 e. The summed E-state index contributed by atoms with van der Waals surface area (Å²) in [5.74, 6) is -0.307. The summed E-state index contributed by atoms with van der Waals surface area (Å²) < 4.78 is 26.0. The molecule has 0 unspecified atom stereocenters. The van der Waals surface area contributed by atoms with E-state index >= 15 is 0 Å². The molecule has 2 heterocycles. The van der Waals surface area contributed by atoms with Crippen molar-refractivity contribution < 1.29 is 8.78 Å². The van der Waals surface area contributed by atoms with E-state index in [-0.39, 0.29) is 5.82 Å². The predicted octanol–water partition coefficient (Wildman–Crippen LogP) is 1.98. The third-order valence-corrected chi connectivity index (χ3v) is 1.85. The van der Waals surface area contributed by atoms with Crippen LogP contribution < -0.4 is 0 Å². The Morgan fingerprint density at radius 3 is 2.85 bits per heavy atom. The molecule has 2 rings (SSSR count). The lowest BCUT2D eigenvalue weighted by atomic mass is 10.3. The van der Waals surface area contributed by atoms with E-state index < -0.39 is 6.43 Å². The second kappa shape index (κ2) is 2.76. The predicted molar refractivity (Wildman–Crippen MR) is 42.7 cm³/mol. The lowest BCUT2D eigenvalue weighted by molar-refractivity contribution is 0.139. The van der Waals surface area contributed by atoms with Gasteiger partial charge in [0.05, 0.1) is 0 Å².